The van der Waals surface area contributed by atoms with Gasteiger partial charge in [-0.25, -0.2) is 20.0 Å². The molecule has 1 saturated heterocycles. The Morgan fingerprint density at radius 2 is 1.76 bits per heavy atom. The molecule has 0 saturated carbocycles. The minimum absolute atomic E-state index is 0.0000277. The highest BCUT2D eigenvalue weighted by Crippen LogP contribution is 2.34. The van der Waals surface area contributed by atoms with E-state index in [4.69, 9.17) is 14.3 Å². The number of nitrogens with zero attached hydrogens (tertiary/aromatic N) is 2. The van der Waals surface area contributed by atoms with Crippen molar-refractivity contribution in [2.45, 2.75) is 50.2 Å². The summed E-state index contributed by atoms with van der Waals surface area (Å²) < 4.78 is 10.4. The summed E-state index contributed by atoms with van der Waals surface area (Å²) in [4.78, 5) is 55.9. The number of hydrogen-bond acceptors (Lipinski definition) is 9. The fourth-order valence-corrected chi connectivity index (χ4v) is 4.26. The molecule has 12 heteroatoms. The number of β-lactam (4-membered cyclic amide) rings is 1. The van der Waals surface area contributed by atoms with Gasteiger partial charge in [0, 0.05) is 0 Å². The highest BCUT2D eigenvalue weighted by atomic mass is 16.7. The molecular weight excluding hydrogens is 496 g/mol. The Hall–Kier alpha value is -4.45. The van der Waals surface area contributed by atoms with E-state index in [2.05, 4.69) is 15.9 Å². The number of rotatable bonds is 8. The summed E-state index contributed by atoms with van der Waals surface area (Å²) in [5, 5.41) is 18.8. The third-order valence-electron chi connectivity index (χ3n) is 6.23. The molecule has 0 radical (unpaired) electrons. The van der Waals surface area contributed by atoms with Gasteiger partial charge in [-0.1, -0.05) is 53.7 Å². The first-order valence-electron chi connectivity index (χ1n) is 12.0. The second-order valence-electron chi connectivity index (χ2n) is 8.94. The summed E-state index contributed by atoms with van der Waals surface area (Å²) in [6.07, 6.45) is -2.37. The van der Waals surface area contributed by atoms with Crippen molar-refractivity contribution in [3.8, 4) is 0 Å². The Kier molecular flexibility index (Phi) is 7.91. The molecule has 2 aliphatic heterocycles. The maximum atomic E-state index is 13.0. The van der Waals surface area contributed by atoms with Gasteiger partial charge >= 0.3 is 12.1 Å². The van der Waals surface area contributed by atoms with Gasteiger partial charge in [0.25, 0.3) is 5.91 Å². The SMILES string of the molecule is CCOC(=O)NN1C(=O)[C@H](NC(=O)Cc2ccccc2)[C@H]1[C@@H]1ON=C[C@@H](OC(=O)c2ccccc2)[C@@]1(C)O. The van der Waals surface area contributed by atoms with Gasteiger partial charge in [0.05, 0.1) is 24.8 Å². The molecule has 2 aliphatic rings. The van der Waals surface area contributed by atoms with Crippen molar-refractivity contribution in [3.63, 3.8) is 0 Å². The lowest BCUT2D eigenvalue weighted by atomic mass is 9.80. The van der Waals surface area contributed by atoms with Crippen molar-refractivity contribution >= 4 is 30.1 Å². The molecule has 5 atom stereocenters. The Bertz CT molecular complexity index is 1200. The summed E-state index contributed by atoms with van der Waals surface area (Å²) >= 11 is 0. The third-order valence-corrected chi connectivity index (χ3v) is 6.23. The van der Waals surface area contributed by atoms with E-state index in [1.54, 1.807) is 61.5 Å². The number of esters is 1. The number of carbonyl (C=O) groups excluding carboxylic acids is 4. The first-order valence-corrected chi connectivity index (χ1v) is 12.0. The number of hydrogen-bond donors (Lipinski definition) is 3. The van der Waals surface area contributed by atoms with E-state index in [9.17, 15) is 24.3 Å². The molecule has 2 heterocycles. The Morgan fingerprint density at radius 3 is 2.42 bits per heavy atom. The van der Waals surface area contributed by atoms with Gasteiger partial charge in [0.2, 0.25) is 5.91 Å². The molecule has 0 aromatic heterocycles. The maximum Gasteiger partial charge on any atom is 0.426 e. The van der Waals surface area contributed by atoms with Crippen LogP contribution in [0, 0.1) is 0 Å². The molecule has 3 N–H and O–H groups in total. The van der Waals surface area contributed by atoms with Crippen molar-refractivity contribution in [2.75, 3.05) is 6.61 Å². The van der Waals surface area contributed by atoms with E-state index in [0.29, 0.717) is 0 Å². The van der Waals surface area contributed by atoms with E-state index in [1.807, 2.05) is 6.07 Å². The van der Waals surface area contributed by atoms with Crippen molar-refractivity contribution in [1.29, 1.82) is 0 Å². The number of aliphatic hydroxyl groups is 1. The Morgan fingerprint density at radius 1 is 1.11 bits per heavy atom. The Labute approximate surface area is 218 Å². The average Bonchev–Trinajstić information content (AvgIpc) is 2.90. The fraction of sp³-hybridized carbons (Fsp3) is 0.346. The molecule has 200 valence electrons. The van der Waals surface area contributed by atoms with Gasteiger partial charge in [-0.15, -0.1) is 0 Å². The van der Waals surface area contributed by atoms with Gasteiger partial charge < -0.3 is 24.7 Å². The molecule has 3 amide bonds. The Balaban J connectivity index is 1.54. The minimum Gasteiger partial charge on any atom is -0.450 e. The molecule has 2 aromatic carbocycles. The first-order chi connectivity index (χ1) is 18.2. The smallest absolute Gasteiger partial charge is 0.426 e. The topological polar surface area (TPSA) is 156 Å². The lowest BCUT2D eigenvalue weighted by molar-refractivity contribution is -0.207. The number of carbonyl (C=O) groups is 4. The first kappa shape index (κ1) is 26.6. The molecule has 38 heavy (non-hydrogen) atoms. The number of oxime groups is 1. The van der Waals surface area contributed by atoms with Crippen LogP contribution < -0.4 is 10.7 Å². The molecule has 4 rings (SSSR count). The van der Waals surface area contributed by atoms with Crippen molar-refractivity contribution in [3.05, 3.63) is 71.8 Å². The van der Waals surface area contributed by atoms with E-state index >= 15 is 0 Å². The predicted molar refractivity (Wildman–Crippen MR) is 133 cm³/mol. The van der Waals surface area contributed by atoms with Crippen LogP contribution in [0.25, 0.3) is 0 Å². The number of amides is 3. The van der Waals surface area contributed by atoms with E-state index in [-0.39, 0.29) is 18.6 Å². The lowest BCUT2D eigenvalue weighted by Crippen LogP contribution is -2.81. The largest absolute Gasteiger partial charge is 0.450 e. The standard InChI is InChI=1S/C26H28N4O8/c1-3-36-25(34)29-30-21(20(23(30)32)28-19(31)14-16-10-6-4-7-11-16)22-26(2,35)18(15-27-38-22)37-24(33)17-12-8-5-9-13-17/h4-13,15,18,20-22,35H,3,14H2,1-2H3,(H,28,31)(H,29,34)/t18-,20-,21+,22+,26-/m1/s1. The lowest BCUT2D eigenvalue weighted by Gasteiger charge is -2.52. The number of ether oxygens (including phenoxy) is 2. The highest BCUT2D eigenvalue weighted by Gasteiger charge is 2.62. The van der Waals surface area contributed by atoms with Gasteiger partial charge in [-0.05, 0) is 31.5 Å². The summed E-state index contributed by atoms with van der Waals surface area (Å²) in [5.41, 5.74) is 1.37. The maximum absolute atomic E-state index is 13.0. The zero-order chi connectivity index (χ0) is 27.3. The van der Waals surface area contributed by atoms with Gasteiger partial charge in [-0.2, -0.15) is 0 Å². The van der Waals surface area contributed by atoms with E-state index in [0.717, 1.165) is 16.8 Å². The number of benzene rings is 2. The number of hydrazine groups is 1. The molecule has 0 spiro atoms. The van der Waals surface area contributed by atoms with Crippen LogP contribution in [0.2, 0.25) is 0 Å². The van der Waals surface area contributed by atoms with Crippen molar-refractivity contribution in [1.82, 2.24) is 15.8 Å². The average molecular weight is 525 g/mol. The predicted octanol–water partition coefficient (Wildman–Crippen LogP) is 0.947. The van der Waals surface area contributed by atoms with Crippen LogP contribution in [-0.2, 0) is 30.3 Å². The molecular formula is C26H28N4O8. The second kappa shape index (κ2) is 11.3. The van der Waals surface area contributed by atoms with Crippen molar-refractivity contribution in [2.24, 2.45) is 5.16 Å². The summed E-state index contributed by atoms with van der Waals surface area (Å²) in [6, 6.07) is 14.8. The van der Waals surface area contributed by atoms with Crippen LogP contribution in [0.3, 0.4) is 0 Å². The summed E-state index contributed by atoms with van der Waals surface area (Å²) in [5.74, 6) is -1.82. The van der Waals surface area contributed by atoms with Gasteiger partial charge in [0.1, 0.15) is 17.7 Å². The summed E-state index contributed by atoms with van der Waals surface area (Å²) in [7, 11) is 0. The van der Waals surface area contributed by atoms with Crippen LogP contribution >= 0.6 is 0 Å². The summed E-state index contributed by atoms with van der Waals surface area (Å²) in [6.45, 7) is 2.99. The zero-order valence-electron chi connectivity index (χ0n) is 20.8. The van der Waals surface area contributed by atoms with Crippen LogP contribution in [0.1, 0.15) is 29.8 Å². The molecule has 1 fully saturated rings. The normalized spacial score (nSPS) is 26.0. The molecule has 2 aromatic rings. The third kappa shape index (κ3) is 5.59. The molecule has 0 aliphatic carbocycles. The second-order valence-corrected chi connectivity index (χ2v) is 8.94. The fourth-order valence-electron chi connectivity index (χ4n) is 4.26. The monoisotopic (exact) mass is 524 g/mol. The van der Waals surface area contributed by atoms with Crippen LogP contribution in [0.5, 0.6) is 0 Å². The van der Waals surface area contributed by atoms with Gasteiger partial charge in [-0.3, -0.25) is 9.59 Å². The highest BCUT2D eigenvalue weighted by molar-refractivity contribution is 5.95. The van der Waals surface area contributed by atoms with E-state index in [1.165, 1.54) is 6.92 Å². The van der Waals surface area contributed by atoms with Crippen LogP contribution in [-0.4, -0.2) is 76.7 Å². The van der Waals surface area contributed by atoms with Gasteiger partial charge in [0.15, 0.2) is 12.2 Å². The molecule has 0 bridgehead atoms. The molecule has 0 unspecified atom stereocenters. The van der Waals surface area contributed by atoms with Crippen LogP contribution in [0.4, 0.5) is 4.79 Å². The zero-order valence-corrected chi connectivity index (χ0v) is 20.8. The van der Waals surface area contributed by atoms with Crippen molar-refractivity contribution < 1.29 is 38.6 Å². The quantitative estimate of drug-likeness (QED) is 0.340. The molecule has 12 nitrogen and oxygen atoms in total. The minimum atomic E-state index is -1.92. The van der Waals surface area contributed by atoms with E-state index < -0.39 is 53.8 Å². The van der Waals surface area contributed by atoms with Crippen LogP contribution in [0.15, 0.2) is 65.8 Å². The number of nitrogens with one attached hydrogen (secondary N) is 2.